The highest BCUT2D eigenvalue weighted by atomic mass is 16.4. The van der Waals surface area contributed by atoms with Crippen molar-refractivity contribution >= 4 is 17.8 Å². The van der Waals surface area contributed by atoms with Crippen molar-refractivity contribution in [2.24, 2.45) is 0 Å². The minimum atomic E-state index is -1.04. The molecule has 31 heavy (non-hydrogen) atoms. The van der Waals surface area contributed by atoms with Crippen LogP contribution >= 0.6 is 0 Å². The molecule has 2 aromatic rings. The zero-order valence-electron chi connectivity index (χ0n) is 17.9. The van der Waals surface area contributed by atoms with E-state index in [0.29, 0.717) is 13.0 Å². The zero-order valence-corrected chi connectivity index (χ0v) is 17.9. The largest absolute Gasteiger partial charge is 0.481 e. The van der Waals surface area contributed by atoms with E-state index in [0.717, 1.165) is 36.1 Å². The maximum absolute atomic E-state index is 12.7. The first-order chi connectivity index (χ1) is 15.0. The Bertz CT molecular complexity index is 838. The van der Waals surface area contributed by atoms with Gasteiger partial charge in [0.05, 0.1) is 6.42 Å². The second-order valence-corrected chi connectivity index (χ2v) is 7.38. The maximum Gasteiger partial charge on any atom is 0.303 e. The highest BCUT2D eigenvalue weighted by Crippen LogP contribution is 2.19. The molecule has 0 unspecified atom stereocenters. The summed E-state index contributed by atoms with van der Waals surface area (Å²) in [5.74, 6) is -1.75. The number of benzene rings is 2. The molecule has 0 aliphatic heterocycles. The lowest BCUT2D eigenvalue weighted by Crippen LogP contribution is -2.48. The van der Waals surface area contributed by atoms with Crippen molar-refractivity contribution in [3.8, 4) is 11.1 Å². The predicted octanol–water partition coefficient (Wildman–Crippen LogP) is 2.36. The number of hydrogen-bond acceptors (Lipinski definition) is 4. The van der Waals surface area contributed by atoms with E-state index in [1.165, 1.54) is 0 Å². The van der Waals surface area contributed by atoms with Crippen molar-refractivity contribution in [1.82, 2.24) is 16.0 Å². The van der Waals surface area contributed by atoms with Gasteiger partial charge in [-0.2, -0.15) is 0 Å². The quantitative estimate of drug-likeness (QED) is 0.369. The number of carbonyl (C=O) groups is 3. The number of carboxylic acid groups (broad SMARTS) is 1. The summed E-state index contributed by atoms with van der Waals surface area (Å²) < 4.78 is 0. The summed E-state index contributed by atoms with van der Waals surface area (Å²) in [6.45, 7) is 1.40. The third-order valence-corrected chi connectivity index (χ3v) is 4.87. The molecule has 7 heteroatoms. The Hall–Kier alpha value is -3.19. The van der Waals surface area contributed by atoms with Crippen molar-refractivity contribution in [3.05, 3.63) is 60.2 Å². The number of aliphatic carboxylic acids is 1. The number of rotatable bonds is 13. The Kier molecular flexibility index (Phi) is 10.2. The SMILES string of the molecule is CNCCCCNC(=O)[C@@H](Cc1ccc(-c2ccccc2)cc1)NC(=O)CCC(=O)O. The fourth-order valence-electron chi connectivity index (χ4n) is 3.16. The Morgan fingerprint density at radius 1 is 0.871 bits per heavy atom. The molecule has 2 rings (SSSR count). The van der Waals surface area contributed by atoms with Gasteiger partial charge in [0.1, 0.15) is 6.04 Å². The molecular formula is C24H31N3O4. The molecule has 0 heterocycles. The molecule has 1 atom stereocenters. The zero-order chi connectivity index (χ0) is 22.5. The van der Waals surface area contributed by atoms with Crippen LogP contribution in [0.1, 0.15) is 31.2 Å². The smallest absolute Gasteiger partial charge is 0.303 e. The van der Waals surface area contributed by atoms with Crippen LogP contribution in [0.15, 0.2) is 54.6 Å². The van der Waals surface area contributed by atoms with Gasteiger partial charge in [0.15, 0.2) is 0 Å². The van der Waals surface area contributed by atoms with Gasteiger partial charge < -0.3 is 21.1 Å². The summed E-state index contributed by atoms with van der Waals surface area (Å²) in [6, 6.07) is 17.1. The van der Waals surface area contributed by atoms with E-state index in [1.54, 1.807) is 0 Å². The van der Waals surface area contributed by atoms with Crippen molar-refractivity contribution in [2.45, 2.75) is 38.1 Å². The van der Waals surface area contributed by atoms with Crippen molar-refractivity contribution < 1.29 is 19.5 Å². The van der Waals surface area contributed by atoms with E-state index in [1.807, 2.05) is 61.6 Å². The number of unbranched alkanes of at least 4 members (excludes halogenated alkanes) is 1. The third-order valence-electron chi connectivity index (χ3n) is 4.87. The number of nitrogens with one attached hydrogen (secondary N) is 3. The van der Waals surface area contributed by atoms with Gasteiger partial charge in [-0.3, -0.25) is 14.4 Å². The van der Waals surface area contributed by atoms with Crippen molar-refractivity contribution in [2.75, 3.05) is 20.1 Å². The second-order valence-electron chi connectivity index (χ2n) is 7.38. The van der Waals surface area contributed by atoms with Crippen LogP contribution in [-0.4, -0.2) is 49.1 Å². The van der Waals surface area contributed by atoms with Crippen molar-refractivity contribution in [3.63, 3.8) is 0 Å². The lowest BCUT2D eigenvalue weighted by molar-refractivity contribution is -0.139. The standard InChI is InChI=1S/C24H31N3O4/c1-25-15-5-6-16-26-24(31)21(27-22(28)13-14-23(29)30)17-18-9-11-20(12-10-18)19-7-3-2-4-8-19/h2-4,7-12,21,25H,5-6,13-17H2,1H3,(H,26,31)(H,27,28)(H,29,30)/t21-/m1/s1. The predicted molar refractivity (Wildman–Crippen MR) is 121 cm³/mol. The summed E-state index contributed by atoms with van der Waals surface area (Å²) in [5, 5.41) is 17.4. The van der Waals surface area contributed by atoms with Crippen LogP contribution in [0, 0.1) is 0 Å². The van der Waals surface area contributed by atoms with Crippen LogP contribution in [-0.2, 0) is 20.8 Å². The molecule has 166 valence electrons. The van der Waals surface area contributed by atoms with E-state index in [2.05, 4.69) is 16.0 Å². The number of amides is 2. The first-order valence-electron chi connectivity index (χ1n) is 10.6. The van der Waals surface area contributed by atoms with Gasteiger partial charge in [-0.25, -0.2) is 0 Å². The minimum Gasteiger partial charge on any atom is -0.481 e. The molecule has 4 N–H and O–H groups in total. The highest BCUT2D eigenvalue weighted by Gasteiger charge is 2.21. The molecule has 0 radical (unpaired) electrons. The average Bonchev–Trinajstić information content (AvgIpc) is 2.78. The van der Waals surface area contributed by atoms with E-state index in [4.69, 9.17) is 5.11 Å². The molecule has 0 fully saturated rings. The Morgan fingerprint density at radius 2 is 1.52 bits per heavy atom. The first-order valence-corrected chi connectivity index (χ1v) is 10.6. The summed E-state index contributed by atoms with van der Waals surface area (Å²) in [4.78, 5) is 35.6. The maximum atomic E-state index is 12.7. The first kappa shape index (κ1) is 24.1. The lowest BCUT2D eigenvalue weighted by atomic mass is 10.00. The average molecular weight is 426 g/mol. The van der Waals surface area contributed by atoms with Gasteiger partial charge >= 0.3 is 5.97 Å². The number of carboxylic acids is 1. The molecular weight excluding hydrogens is 394 g/mol. The molecule has 7 nitrogen and oxygen atoms in total. The van der Waals surface area contributed by atoms with E-state index >= 15 is 0 Å². The molecule has 0 saturated heterocycles. The van der Waals surface area contributed by atoms with Crippen LogP contribution in [0.3, 0.4) is 0 Å². The van der Waals surface area contributed by atoms with Crippen LogP contribution in [0.4, 0.5) is 0 Å². The molecule has 2 aromatic carbocycles. The van der Waals surface area contributed by atoms with Crippen LogP contribution < -0.4 is 16.0 Å². The van der Waals surface area contributed by atoms with Gasteiger partial charge in [-0.1, -0.05) is 54.6 Å². The fraction of sp³-hybridized carbons (Fsp3) is 0.375. The van der Waals surface area contributed by atoms with Gasteiger partial charge in [0, 0.05) is 19.4 Å². The Morgan fingerprint density at radius 3 is 2.16 bits per heavy atom. The van der Waals surface area contributed by atoms with Crippen LogP contribution in [0.25, 0.3) is 11.1 Å². The normalized spacial score (nSPS) is 11.5. The van der Waals surface area contributed by atoms with Crippen LogP contribution in [0.5, 0.6) is 0 Å². The van der Waals surface area contributed by atoms with Crippen LogP contribution in [0.2, 0.25) is 0 Å². The summed E-state index contributed by atoms with van der Waals surface area (Å²) >= 11 is 0. The Balaban J connectivity index is 2.01. The summed E-state index contributed by atoms with van der Waals surface area (Å²) in [5.41, 5.74) is 3.08. The number of hydrogen-bond donors (Lipinski definition) is 4. The fourth-order valence-corrected chi connectivity index (χ4v) is 3.16. The molecule has 0 aromatic heterocycles. The molecule has 0 bridgehead atoms. The van der Waals surface area contributed by atoms with E-state index in [-0.39, 0.29) is 18.7 Å². The molecule has 2 amide bonds. The molecule has 0 spiro atoms. The minimum absolute atomic E-state index is 0.159. The molecule has 0 aliphatic carbocycles. The molecule has 0 saturated carbocycles. The Labute approximate surface area is 183 Å². The van der Waals surface area contributed by atoms with Crippen molar-refractivity contribution in [1.29, 1.82) is 0 Å². The van der Waals surface area contributed by atoms with Gasteiger partial charge in [-0.15, -0.1) is 0 Å². The molecule has 0 aliphatic rings. The summed E-state index contributed by atoms with van der Waals surface area (Å²) in [7, 11) is 1.88. The second kappa shape index (κ2) is 13.2. The monoisotopic (exact) mass is 425 g/mol. The highest BCUT2D eigenvalue weighted by molar-refractivity contribution is 5.88. The van der Waals surface area contributed by atoms with Gasteiger partial charge in [0.25, 0.3) is 0 Å². The summed E-state index contributed by atoms with van der Waals surface area (Å²) in [6.07, 6.45) is 1.67. The topological polar surface area (TPSA) is 108 Å². The number of carbonyl (C=O) groups excluding carboxylic acids is 2. The van der Waals surface area contributed by atoms with Gasteiger partial charge in [-0.05, 0) is 43.1 Å². The van der Waals surface area contributed by atoms with Gasteiger partial charge in [0.2, 0.25) is 11.8 Å². The lowest BCUT2D eigenvalue weighted by Gasteiger charge is -2.19. The third kappa shape index (κ3) is 9.00. The van der Waals surface area contributed by atoms with E-state index < -0.39 is 17.9 Å². The van der Waals surface area contributed by atoms with E-state index in [9.17, 15) is 14.4 Å².